The van der Waals surface area contributed by atoms with Crippen molar-refractivity contribution in [1.82, 2.24) is 0 Å². The molecular formula is C9H12O4. The predicted octanol–water partition coefficient (Wildman–Crippen LogP) is 0.669. The highest BCUT2D eigenvalue weighted by Crippen LogP contribution is 2.52. The Morgan fingerprint density at radius 2 is 1.31 bits per heavy atom. The van der Waals surface area contributed by atoms with Crippen LogP contribution in [0.4, 0.5) is 0 Å². The molecule has 0 bridgehead atoms. The van der Waals surface area contributed by atoms with Crippen LogP contribution >= 0.6 is 0 Å². The summed E-state index contributed by atoms with van der Waals surface area (Å²) in [4.78, 5) is 22.3. The molecule has 0 aromatic heterocycles. The third kappa shape index (κ3) is 1.32. The average Bonchev–Trinajstić information content (AvgIpc) is 2.66. The Bertz CT molecular complexity index is 271. The summed E-state index contributed by atoms with van der Waals surface area (Å²) in [7, 11) is 2.58. The van der Waals surface area contributed by atoms with Crippen LogP contribution in [-0.2, 0) is 19.1 Å². The summed E-state index contributed by atoms with van der Waals surface area (Å²) in [6.07, 6.45) is 0. The minimum absolute atomic E-state index is 0.418. The molecule has 13 heavy (non-hydrogen) atoms. The molecule has 0 radical (unpaired) electrons. The van der Waals surface area contributed by atoms with Crippen molar-refractivity contribution in [2.24, 2.45) is 5.41 Å². The Morgan fingerprint density at radius 1 is 1.00 bits per heavy atom. The summed E-state index contributed by atoms with van der Waals surface area (Å²) in [6.45, 7) is 3.57. The highest BCUT2D eigenvalue weighted by atomic mass is 16.5. The minimum atomic E-state index is -0.486. The Hall–Kier alpha value is -1.32. The van der Waals surface area contributed by atoms with Crippen molar-refractivity contribution < 1.29 is 19.1 Å². The first-order valence-electron chi connectivity index (χ1n) is 3.88. The third-order valence-corrected chi connectivity index (χ3v) is 2.22. The van der Waals surface area contributed by atoms with E-state index in [1.54, 1.807) is 13.8 Å². The first-order valence-corrected chi connectivity index (χ1v) is 3.88. The van der Waals surface area contributed by atoms with Gasteiger partial charge in [0, 0.05) is 5.41 Å². The van der Waals surface area contributed by atoms with Gasteiger partial charge in [-0.25, -0.2) is 9.59 Å². The molecule has 0 amide bonds. The summed E-state index contributed by atoms with van der Waals surface area (Å²) in [5, 5.41) is 0. The van der Waals surface area contributed by atoms with E-state index in [0.29, 0.717) is 11.1 Å². The van der Waals surface area contributed by atoms with Gasteiger partial charge in [0.1, 0.15) is 0 Å². The number of hydrogen-bond donors (Lipinski definition) is 0. The Labute approximate surface area is 76.5 Å². The SMILES string of the molecule is COC(=O)C1=C(C(=O)OC)C1(C)C. The summed E-state index contributed by atoms with van der Waals surface area (Å²) in [6, 6.07) is 0. The zero-order valence-electron chi connectivity index (χ0n) is 8.13. The molecule has 0 heterocycles. The molecule has 0 atom stereocenters. The molecule has 72 valence electrons. The molecule has 0 unspecified atom stereocenters. The van der Waals surface area contributed by atoms with Gasteiger partial charge in [-0.05, 0) is 0 Å². The Morgan fingerprint density at radius 3 is 1.54 bits per heavy atom. The second-order valence-corrected chi connectivity index (χ2v) is 3.36. The molecule has 1 aliphatic rings. The minimum Gasteiger partial charge on any atom is -0.466 e. The van der Waals surface area contributed by atoms with E-state index in [1.165, 1.54) is 14.2 Å². The predicted molar refractivity (Wildman–Crippen MR) is 44.8 cm³/mol. The number of carbonyl (C=O) groups excluding carboxylic acids is 2. The van der Waals surface area contributed by atoms with Crippen LogP contribution in [-0.4, -0.2) is 26.2 Å². The highest BCUT2D eigenvalue weighted by Gasteiger charge is 2.54. The number of ether oxygens (including phenoxy) is 2. The molecule has 0 saturated carbocycles. The van der Waals surface area contributed by atoms with Gasteiger partial charge in [-0.2, -0.15) is 0 Å². The van der Waals surface area contributed by atoms with Crippen molar-refractivity contribution in [3.63, 3.8) is 0 Å². The molecule has 4 heteroatoms. The molecule has 0 aromatic rings. The van der Waals surface area contributed by atoms with E-state index in [-0.39, 0.29) is 0 Å². The van der Waals surface area contributed by atoms with Crippen molar-refractivity contribution in [2.45, 2.75) is 13.8 Å². The molecule has 0 fully saturated rings. The summed E-state index contributed by atoms with van der Waals surface area (Å²) in [5.74, 6) is -0.907. The van der Waals surface area contributed by atoms with Gasteiger partial charge < -0.3 is 9.47 Å². The van der Waals surface area contributed by atoms with Crippen LogP contribution in [0.5, 0.6) is 0 Å². The largest absolute Gasteiger partial charge is 0.466 e. The lowest BCUT2D eigenvalue weighted by atomic mass is 10.0. The lowest BCUT2D eigenvalue weighted by Crippen LogP contribution is -2.06. The quantitative estimate of drug-likeness (QED) is 0.592. The van der Waals surface area contributed by atoms with Gasteiger partial charge in [0.2, 0.25) is 0 Å². The van der Waals surface area contributed by atoms with Gasteiger partial charge in [0.25, 0.3) is 0 Å². The molecule has 0 N–H and O–H groups in total. The van der Waals surface area contributed by atoms with E-state index >= 15 is 0 Å². The zero-order valence-corrected chi connectivity index (χ0v) is 8.13. The molecule has 0 aliphatic heterocycles. The standard InChI is InChI=1S/C9H12O4/c1-9(2)5(7(10)12-3)6(9)8(11)13-4/h1-4H3. The summed E-state index contributed by atoms with van der Waals surface area (Å²) < 4.78 is 9.06. The van der Waals surface area contributed by atoms with Crippen LogP contribution in [0, 0.1) is 5.41 Å². The van der Waals surface area contributed by atoms with Gasteiger partial charge in [0.05, 0.1) is 25.4 Å². The van der Waals surface area contributed by atoms with Gasteiger partial charge in [-0.1, -0.05) is 13.8 Å². The zero-order chi connectivity index (χ0) is 10.2. The van der Waals surface area contributed by atoms with Crippen LogP contribution in [0.15, 0.2) is 11.1 Å². The fourth-order valence-electron chi connectivity index (χ4n) is 1.39. The Kier molecular flexibility index (Phi) is 2.15. The van der Waals surface area contributed by atoms with Crippen LogP contribution < -0.4 is 0 Å². The number of rotatable bonds is 2. The monoisotopic (exact) mass is 184 g/mol. The molecule has 0 aromatic carbocycles. The maximum atomic E-state index is 11.1. The maximum Gasteiger partial charge on any atom is 0.335 e. The Balaban J connectivity index is 2.90. The second kappa shape index (κ2) is 2.87. The summed E-state index contributed by atoms with van der Waals surface area (Å²) in [5.41, 5.74) is 0.351. The highest BCUT2D eigenvalue weighted by molar-refractivity contribution is 6.11. The van der Waals surface area contributed by atoms with Crippen molar-refractivity contribution >= 4 is 11.9 Å². The summed E-state index contributed by atoms with van der Waals surface area (Å²) >= 11 is 0. The van der Waals surface area contributed by atoms with E-state index in [9.17, 15) is 9.59 Å². The van der Waals surface area contributed by atoms with Crippen LogP contribution in [0.2, 0.25) is 0 Å². The molecule has 4 nitrogen and oxygen atoms in total. The number of methoxy groups -OCH3 is 2. The van der Waals surface area contributed by atoms with Gasteiger partial charge in [0.15, 0.2) is 0 Å². The first kappa shape index (κ1) is 9.77. The molecular weight excluding hydrogens is 172 g/mol. The number of hydrogen-bond acceptors (Lipinski definition) is 4. The normalized spacial score (nSPS) is 18.2. The van der Waals surface area contributed by atoms with Crippen LogP contribution in [0.25, 0.3) is 0 Å². The van der Waals surface area contributed by atoms with E-state index in [2.05, 4.69) is 9.47 Å². The smallest absolute Gasteiger partial charge is 0.335 e. The fraction of sp³-hybridized carbons (Fsp3) is 0.556. The van der Waals surface area contributed by atoms with Gasteiger partial charge >= 0.3 is 11.9 Å². The lowest BCUT2D eigenvalue weighted by Gasteiger charge is -2.02. The van der Waals surface area contributed by atoms with E-state index in [0.717, 1.165) is 0 Å². The third-order valence-electron chi connectivity index (χ3n) is 2.22. The van der Waals surface area contributed by atoms with Crippen molar-refractivity contribution in [3.05, 3.63) is 11.1 Å². The molecule has 1 rings (SSSR count). The second-order valence-electron chi connectivity index (χ2n) is 3.36. The van der Waals surface area contributed by atoms with Crippen molar-refractivity contribution in [1.29, 1.82) is 0 Å². The van der Waals surface area contributed by atoms with E-state index < -0.39 is 17.4 Å². The van der Waals surface area contributed by atoms with Crippen LogP contribution in [0.1, 0.15) is 13.8 Å². The van der Waals surface area contributed by atoms with E-state index in [1.807, 2.05) is 0 Å². The topological polar surface area (TPSA) is 52.6 Å². The maximum absolute atomic E-state index is 11.1. The van der Waals surface area contributed by atoms with E-state index in [4.69, 9.17) is 0 Å². The fourth-order valence-corrected chi connectivity index (χ4v) is 1.39. The van der Waals surface area contributed by atoms with Gasteiger partial charge in [-0.15, -0.1) is 0 Å². The van der Waals surface area contributed by atoms with Crippen LogP contribution in [0.3, 0.4) is 0 Å². The first-order chi connectivity index (χ1) is 5.96. The van der Waals surface area contributed by atoms with Crippen molar-refractivity contribution in [2.75, 3.05) is 14.2 Å². The molecule has 1 aliphatic carbocycles. The number of esters is 2. The van der Waals surface area contributed by atoms with Gasteiger partial charge in [-0.3, -0.25) is 0 Å². The van der Waals surface area contributed by atoms with Crippen molar-refractivity contribution in [3.8, 4) is 0 Å². The molecule has 0 saturated heterocycles. The lowest BCUT2D eigenvalue weighted by molar-refractivity contribution is -0.137. The number of carbonyl (C=O) groups is 2. The molecule has 0 spiro atoms. The average molecular weight is 184 g/mol.